The minimum absolute atomic E-state index is 0.00594. The summed E-state index contributed by atoms with van der Waals surface area (Å²) in [4.78, 5) is 4.52. The van der Waals surface area contributed by atoms with Crippen LogP contribution in [0.5, 0.6) is 0 Å². The van der Waals surface area contributed by atoms with Crippen LogP contribution in [0.4, 0.5) is 0 Å². The molecule has 0 atom stereocenters. The van der Waals surface area contributed by atoms with E-state index in [0.717, 1.165) is 22.4 Å². The number of aromatic nitrogens is 3. The Bertz CT molecular complexity index is 1040. The number of sulfone groups is 1. The quantitative estimate of drug-likeness (QED) is 0.696. The number of halogens is 1. The predicted molar refractivity (Wildman–Crippen MR) is 99.8 cm³/mol. The molecule has 0 fully saturated rings. The van der Waals surface area contributed by atoms with Crippen molar-refractivity contribution in [2.45, 2.75) is 19.6 Å². The third-order valence-electron chi connectivity index (χ3n) is 3.71. The van der Waals surface area contributed by atoms with Gasteiger partial charge in [0.05, 0.1) is 11.4 Å². The van der Waals surface area contributed by atoms with Gasteiger partial charge in [-0.25, -0.2) is 18.1 Å². The molecule has 3 aromatic rings. The van der Waals surface area contributed by atoms with Gasteiger partial charge in [-0.3, -0.25) is 0 Å². The Morgan fingerprint density at radius 1 is 1.12 bits per heavy atom. The van der Waals surface area contributed by atoms with Crippen molar-refractivity contribution in [2.75, 3.05) is 6.26 Å². The SMILES string of the molecule is Cc1nc(-c2cccc(CS(C)(=O)=O)c2)n(-c2ccc(Cl)c(C)c2)n1. The lowest BCUT2D eigenvalue weighted by Gasteiger charge is -2.09. The van der Waals surface area contributed by atoms with Crippen LogP contribution in [0.3, 0.4) is 0 Å². The largest absolute Gasteiger partial charge is 0.229 e. The molecule has 0 amide bonds. The molecule has 5 nitrogen and oxygen atoms in total. The van der Waals surface area contributed by atoms with Crippen molar-refractivity contribution < 1.29 is 8.42 Å². The van der Waals surface area contributed by atoms with Crippen LogP contribution in [0, 0.1) is 13.8 Å². The maximum Gasteiger partial charge on any atom is 0.163 e. The highest BCUT2D eigenvalue weighted by atomic mass is 35.5. The molecule has 1 heterocycles. The normalized spacial score (nSPS) is 11.7. The van der Waals surface area contributed by atoms with E-state index in [1.807, 2.05) is 50.2 Å². The molecule has 7 heteroatoms. The zero-order chi connectivity index (χ0) is 18.2. The van der Waals surface area contributed by atoms with Gasteiger partial charge in [0.1, 0.15) is 5.82 Å². The Balaban J connectivity index is 2.10. The Morgan fingerprint density at radius 3 is 2.56 bits per heavy atom. The van der Waals surface area contributed by atoms with Gasteiger partial charge in [-0.15, -0.1) is 0 Å². The Kier molecular flexibility index (Phi) is 4.67. The monoisotopic (exact) mass is 375 g/mol. The second-order valence-electron chi connectivity index (χ2n) is 6.10. The van der Waals surface area contributed by atoms with Gasteiger partial charge in [-0.2, -0.15) is 5.10 Å². The molecule has 0 spiro atoms. The lowest BCUT2D eigenvalue weighted by molar-refractivity contribution is 0.601. The van der Waals surface area contributed by atoms with Crippen LogP contribution in [0.2, 0.25) is 5.02 Å². The van der Waals surface area contributed by atoms with Crippen molar-refractivity contribution in [2.24, 2.45) is 0 Å². The molecule has 0 N–H and O–H groups in total. The predicted octanol–water partition coefficient (Wildman–Crippen LogP) is 3.75. The molecule has 1 aromatic heterocycles. The van der Waals surface area contributed by atoms with Gasteiger partial charge in [0.2, 0.25) is 0 Å². The number of aryl methyl sites for hydroxylation is 2. The molecule has 0 aliphatic carbocycles. The fourth-order valence-corrected chi connectivity index (χ4v) is 3.55. The maximum atomic E-state index is 11.6. The number of hydrogen-bond acceptors (Lipinski definition) is 4. The fraction of sp³-hybridized carbons (Fsp3) is 0.222. The second-order valence-corrected chi connectivity index (χ2v) is 8.65. The summed E-state index contributed by atoms with van der Waals surface area (Å²) < 4.78 is 24.9. The van der Waals surface area contributed by atoms with E-state index in [1.54, 1.807) is 10.7 Å². The van der Waals surface area contributed by atoms with Gasteiger partial charge < -0.3 is 0 Å². The maximum absolute atomic E-state index is 11.6. The first-order valence-corrected chi connectivity index (χ1v) is 10.1. The zero-order valence-corrected chi connectivity index (χ0v) is 15.8. The number of benzene rings is 2. The van der Waals surface area contributed by atoms with E-state index in [4.69, 9.17) is 11.6 Å². The highest BCUT2D eigenvalue weighted by Gasteiger charge is 2.14. The van der Waals surface area contributed by atoms with Gasteiger partial charge in [-0.05, 0) is 49.2 Å². The lowest BCUT2D eigenvalue weighted by Crippen LogP contribution is -2.02. The standard InChI is InChI=1S/C18H18ClN3O2S/c1-12-9-16(7-8-17(12)19)22-18(20-13(2)21-22)15-6-4-5-14(10-15)11-25(3,23)24/h4-10H,11H2,1-3H3. The van der Waals surface area contributed by atoms with Crippen LogP contribution in [0.1, 0.15) is 17.0 Å². The molecular weight excluding hydrogens is 358 g/mol. The topological polar surface area (TPSA) is 64.8 Å². The zero-order valence-electron chi connectivity index (χ0n) is 14.2. The van der Waals surface area contributed by atoms with Crippen molar-refractivity contribution in [3.63, 3.8) is 0 Å². The average Bonchev–Trinajstić information content (AvgIpc) is 2.90. The van der Waals surface area contributed by atoms with E-state index in [-0.39, 0.29) is 5.75 Å². The van der Waals surface area contributed by atoms with Crippen molar-refractivity contribution in [1.82, 2.24) is 14.8 Å². The van der Waals surface area contributed by atoms with E-state index in [0.29, 0.717) is 16.7 Å². The third-order valence-corrected chi connectivity index (χ3v) is 4.99. The Morgan fingerprint density at radius 2 is 1.88 bits per heavy atom. The summed E-state index contributed by atoms with van der Waals surface area (Å²) in [5.74, 6) is 1.29. The van der Waals surface area contributed by atoms with E-state index in [2.05, 4.69) is 10.1 Å². The lowest BCUT2D eigenvalue weighted by atomic mass is 10.1. The average molecular weight is 376 g/mol. The van der Waals surface area contributed by atoms with Crippen molar-refractivity contribution in [3.05, 3.63) is 64.4 Å². The number of nitrogens with zero attached hydrogens (tertiary/aromatic N) is 3. The van der Waals surface area contributed by atoms with Gasteiger partial charge in [-0.1, -0.05) is 29.8 Å². The molecule has 0 bridgehead atoms. The molecule has 25 heavy (non-hydrogen) atoms. The van der Waals surface area contributed by atoms with Crippen molar-refractivity contribution in [1.29, 1.82) is 0 Å². The Labute approximate surface area is 152 Å². The van der Waals surface area contributed by atoms with Gasteiger partial charge in [0, 0.05) is 16.8 Å². The summed E-state index contributed by atoms with van der Waals surface area (Å²) in [6, 6.07) is 13.0. The van der Waals surface area contributed by atoms with E-state index >= 15 is 0 Å². The van der Waals surface area contributed by atoms with E-state index in [1.165, 1.54) is 6.26 Å². The third kappa shape index (κ3) is 4.08. The number of rotatable bonds is 4. The van der Waals surface area contributed by atoms with Crippen LogP contribution in [-0.4, -0.2) is 29.4 Å². The van der Waals surface area contributed by atoms with Gasteiger partial charge >= 0.3 is 0 Å². The first-order valence-electron chi connectivity index (χ1n) is 7.70. The first kappa shape index (κ1) is 17.6. The van der Waals surface area contributed by atoms with Crippen LogP contribution in [-0.2, 0) is 15.6 Å². The molecule has 0 radical (unpaired) electrons. The summed E-state index contributed by atoms with van der Waals surface area (Å²) >= 11 is 6.11. The molecule has 2 aromatic carbocycles. The minimum atomic E-state index is -3.10. The second kappa shape index (κ2) is 6.61. The highest BCUT2D eigenvalue weighted by Crippen LogP contribution is 2.25. The van der Waals surface area contributed by atoms with Crippen molar-refractivity contribution >= 4 is 21.4 Å². The van der Waals surface area contributed by atoms with Crippen LogP contribution in [0.25, 0.3) is 17.1 Å². The van der Waals surface area contributed by atoms with Gasteiger partial charge in [0.15, 0.2) is 15.7 Å². The first-order chi connectivity index (χ1) is 11.7. The smallest absolute Gasteiger partial charge is 0.163 e. The molecule has 0 saturated carbocycles. The van der Waals surface area contributed by atoms with Crippen LogP contribution in [0.15, 0.2) is 42.5 Å². The van der Waals surface area contributed by atoms with Crippen LogP contribution >= 0.6 is 11.6 Å². The van der Waals surface area contributed by atoms with Gasteiger partial charge in [0.25, 0.3) is 0 Å². The molecule has 130 valence electrons. The summed E-state index contributed by atoms with van der Waals surface area (Å²) in [6.45, 7) is 3.76. The van der Waals surface area contributed by atoms with E-state index < -0.39 is 9.84 Å². The molecular formula is C18H18ClN3O2S. The molecule has 0 saturated heterocycles. The number of hydrogen-bond donors (Lipinski definition) is 0. The molecule has 3 rings (SSSR count). The fourth-order valence-electron chi connectivity index (χ4n) is 2.65. The molecule has 0 aliphatic heterocycles. The summed E-state index contributed by atoms with van der Waals surface area (Å²) in [7, 11) is -3.10. The Hall–Kier alpha value is -2.18. The minimum Gasteiger partial charge on any atom is -0.229 e. The highest BCUT2D eigenvalue weighted by molar-refractivity contribution is 7.89. The summed E-state index contributed by atoms with van der Waals surface area (Å²) in [5, 5.41) is 5.17. The van der Waals surface area contributed by atoms with Crippen molar-refractivity contribution in [3.8, 4) is 17.1 Å². The molecule has 0 aliphatic rings. The summed E-state index contributed by atoms with van der Waals surface area (Å²) in [5.41, 5.74) is 3.34. The molecule has 0 unspecified atom stereocenters. The summed E-state index contributed by atoms with van der Waals surface area (Å²) in [6.07, 6.45) is 1.23. The van der Waals surface area contributed by atoms with E-state index in [9.17, 15) is 8.42 Å². The van der Waals surface area contributed by atoms with Crippen LogP contribution < -0.4 is 0 Å².